The highest BCUT2D eigenvalue weighted by atomic mass is 35.5. The first-order valence-corrected chi connectivity index (χ1v) is 4.24. The SMILES string of the molecule is Cl.OC1CCNC2(CCC2)C1. The molecule has 0 aromatic heterocycles. The average Bonchev–Trinajstić information content (AvgIpc) is 1.85. The molecule has 1 unspecified atom stereocenters. The highest BCUT2D eigenvalue weighted by Crippen LogP contribution is 2.38. The Morgan fingerprint density at radius 1 is 1.36 bits per heavy atom. The molecule has 1 heterocycles. The zero-order valence-corrected chi connectivity index (χ0v) is 7.49. The number of rotatable bonds is 0. The quantitative estimate of drug-likeness (QED) is 0.581. The van der Waals surface area contributed by atoms with Crippen LogP contribution < -0.4 is 5.32 Å². The summed E-state index contributed by atoms with van der Waals surface area (Å²) in [5.41, 5.74) is 0.373. The molecule has 1 saturated heterocycles. The normalized spacial score (nSPS) is 34.1. The van der Waals surface area contributed by atoms with E-state index in [2.05, 4.69) is 5.32 Å². The molecular weight excluding hydrogens is 162 g/mol. The topological polar surface area (TPSA) is 32.3 Å². The van der Waals surface area contributed by atoms with E-state index in [9.17, 15) is 5.11 Å². The second-order valence-electron chi connectivity index (χ2n) is 3.71. The Kier molecular flexibility index (Phi) is 2.79. The molecule has 1 aliphatic heterocycles. The Balaban J connectivity index is 0.000000605. The Morgan fingerprint density at radius 3 is 2.45 bits per heavy atom. The third kappa shape index (κ3) is 1.68. The Morgan fingerprint density at radius 2 is 2.09 bits per heavy atom. The Labute approximate surface area is 73.8 Å². The van der Waals surface area contributed by atoms with Crippen molar-refractivity contribution in [1.29, 1.82) is 0 Å². The predicted molar refractivity (Wildman–Crippen MR) is 47.1 cm³/mol. The van der Waals surface area contributed by atoms with Crippen LogP contribution in [0, 0.1) is 0 Å². The molecule has 1 atom stereocenters. The van der Waals surface area contributed by atoms with Crippen LogP contribution in [0.4, 0.5) is 0 Å². The van der Waals surface area contributed by atoms with Crippen LogP contribution in [-0.2, 0) is 0 Å². The minimum absolute atomic E-state index is 0. The van der Waals surface area contributed by atoms with Gasteiger partial charge in [0.05, 0.1) is 6.10 Å². The lowest BCUT2D eigenvalue weighted by atomic mass is 9.71. The maximum atomic E-state index is 9.37. The van der Waals surface area contributed by atoms with E-state index in [0.717, 1.165) is 19.4 Å². The van der Waals surface area contributed by atoms with Gasteiger partial charge in [0, 0.05) is 5.54 Å². The van der Waals surface area contributed by atoms with Crippen LogP contribution >= 0.6 is 12.4 Å². The molecule has 2 fully saturated rings. The number of aliphatic hydroxyl groups is 1. The molecule has 3 heteroatoms. The number of aliphatic hydroxyl groups excluding tert-OH is 1. The van der Waals surface area contributed by atoms with Crippen molar-refractivity contribution in [2.45, 2.75) is 43.7 Å². The summed E-state index contributed by atoms with van der Waals surface area (Å²) < 4.78 is 0. The van der Waals surface area contributed by atoms with E-state index in [4.69, 9.17) is 0 Å². The molecule has 2 aliphatic rings. The van der Waals surface area contributed by atoms with Crippen LogP contribution in [0.25, 0.3) is 0 Å². The summed E-state index contributed by atoms with van der Waals surface area (Å²) in [7, 11) is 0. The molecule has 2 nitrogen and oxygen atoms in total. The standard InChI is InChI=1S/C8H15NO.ClH/c10-7-2-5-9-8(6-7)3-1-4-8;/h7,9-10H,1-6H2;1H. The predicted octanol–water partition coefficient (Wildman–Crippen LogP) is 1.08. The molecule has 0 radical (unpaired) electrons. The number of piperidine rings is 1. The van der Waals surface area contributed by atoms with Crippen molar-refractivity contribution in [3.05, 3.63) is 0 Å². The molecule has 1 saturated carbocycles. The fraction of sp³-hybridized carbons (Fsp3) is 1.00. The number of nitrogens with one attached hydrogen (secondary N) is 1. The van der Waals surface area contributed by atoms with Crippen LogP contribution in [-0.4, -0.2) is 23.3 Å². The average molecular weight is 178 g/mol. The van der Waals surface area contributed by atoms with Crippen LogP contribution in [0.15, 0.2) is 0 Å². The summed E-state index contributed by atoms with van der Waals surface area (Å²) in [5.74, 6) is 0. The zero-order chi connectivity index (χ0) is 7.03. The first-order valence-electron chi connectivity index (χ1n) is 4.24. The van der Waals surface area contributed by atoms with E-state index in [0.29, 0.717) is 5.54 Å². The van der Waals surface area contributed by atoms with Crippen molar-refractivity contribution in [2.24, 2.45) is 0 Å². The van der Waals surface area contributed by atoms with Gasteiger partial charge in [-0.3, -0.25) is 0 Å². The summed E-state index contributed by atoms with van der Waals surface area (Å²) in [4.78, 5) is 0. The fourth-order valence-corrected chi connectivity index (χ4v) is 2.11. The van der Waals surface area contributed by atoms with Gasteiger partial charge in [-0.25, -0.2) is 0 Å². The molecule has 0 amide bonds. The lowest BCUT2D eigenvalue weighted by molar-refractivity contribution is 0.0382. The van der Waals surface area contributed by atoms with Gasteiger partial charge in [-0.05, 0) is 38.6 Å². The molecule has 1 aliphatic carbocycles. The van der Waals surface area contributed by atoms with Gasteiger partial charge in [-0.15, -0.1) is 12.4 Å². The second-order valence-corrected chi connectivity index (χ2v) is 3.71. The largest absolute Gasteiger partial charge is 0.393 e. The zero-order valence-electron chi connectivity index (χ0n) is 6.68. The summed E-state index contributed by atoms with van der Waals surface area (Å²) >= 11 is 0. The number of hydrogen-bond acceptors (Lipinski definition) is 2. The van der Waals surface area contributed by atoms with Crippen LogP contribution in [0.1, 0.15) is 32.1 Å². The van der Waals surface area contributed by atoms with Gasteiger partial charge >= 0.3 is 0 Å². The molecule has 0 aromatic rings. The second kappa shape index (κ2) is 3.30. The van der Waals surface area contributed by atoms with Crippen molar-refractivity contribution in [1.82, 2.24) is 5.32 Å². The fourth-order valence-electron chi connectivity index (χ4n) is 2.11. The van der Waals surface area contributed by atoms with Gasteiger partial charge in [0.2, 0.25) is 0 Å². The van der Waals surface area contributed by atoms with Crippen molar-refractivity contribution in [3.8, 4) is 0 Å². The van der Waals surface area contributed by atoms with Crippen molar-refractivity contribution in [2.75, 3.05) is 6.54 Å². The van der Waals surface area contributed by atoms with Gasteiger partial charge in [0.15, 0.2) is 0 Å². The lowest BCUT2D eigenvalue weighted by Crippen LogP contribution is -2.56. The molecule has 11 heavy (non-hydrogen) atoms. The highest BCUT2D eigenvalue weighted by molar-refractivity contribution is 5.85. The molecule has 2 N–H and O–H groups in total. The van der Waals surface area contributed by atoms with E-state index in [1.807, 2.05) is 0 Å². The molecular formula is C8H16ClNO. The summed E-state index contributed by atoms with van der Waals surface area (Å²) in [5, 5.41) is 12.9. The van der Waals surface area contributed by atoms with Gasteiger partial charge in [-0.2, -0.15) is 0 Å². The molecule has 66 valence electrons. The third-order valence-corrected chi connectivity index (χ3v) is 2.91. The third-order valence-electron chi connectivity index (χ3n) is 2.91. The van der Waals surface area contributed by atoms with Crippen molar-refractivity contribution in [3.63, 3.8) is 0 Å². The number of hydrogen-bond donors (Lipinski definition) is 2. The summed E-state index contributed by atoms with van der Waals surface area (Å²) in [6.07, 6.45) is 5.82. The van der Waals surface area contributed by atoms with Gasteiger partial charge in [0.1, 0.15) is 0 Å². The van der Waals surface area contributed by atoms with Crippen LogP contribution in [0.5, 0.6) is 0 Å². The van der Waals surface area contributed by atoms with E-state index >= 15 is 0 Å². The minimum Gasteiger partial charge on any atom is -0.393 e. The van der Waals surface area contributed by atoms with Gasteiger partial charge in [0.25, 0.3) is 0 Å². The Hall–Kier alpha value is 0.210. The van der Waals surface area contributed by atoms with E-state index in [1.54, 1.807) is 0 Å². The van der Waals surface area contributed by atoms with Gasteiger partial charge in [-0.1, -0.05) is 0 Å². The smallest absolute Gasteiger partial charge is 0.0569 e. The molecule has 0 aromatic carbocycles. The monoisotopic (exact) mass is 177 g/mol. The maximum Gasteiger partial charge on any atom is 0.0569 e. The van der Waals surface area contributed by atoms with Crippen molar-refractivity contribution < 1.29 is 5.11 Å². The van der Waals surface area contributed by atoms with Crippen LogP contribution in [0.3, 0.4) is 0 Å². The maximum absolute atomic E-state index is 9.37. The summed E-state index contributed by atoms with van der Waals surface area (Å²) in [6, 6.07) is 0. The number of halogens is 1. The van der Waals surface area contributed by atoms with Crippen LogP contribution in [0.2, 0.25) is 0 Å². The first-order chi connectivity index (χ1) is 4.81. The lowest BCUT2D eigenvalue weighted by Gasteiger charge is -2.47. The van der Waals surface area contributed by atoms with E-state index in [1.165, 1.54) is 19.3 Å². The molecule has 2 rings (SSSR count). The summed E-state index contributed by atoms with van der Waals surface area (Å²) in [6.45, 7) is 1.02. The van der Waals surface area contributed by atoms with E-state index < -0.39 is 0 Å². The van der Waals surface area contributed by atoms with Crippen molar-refractivity contribution >= 4 is 12.4 Å². The Bertz CT molecular complexity index is 136. The first kappa shape index (κ1) is 9.30. The molecule has 1 spiro atoms. The highest BCUT2D eigenvalue weighted by Gasteiger charge is 2.40. The van der Waals surface area contributed by atoms with Gasteiger partial charge < -0.3 is 10.4 Å². The minimum atomic E-state index is -0.0263. The molecule has 0 bridgehead atoms. The van der Waals surface area contributed by atoms with E-state index in [-0.39, 0.29) is 18.5 Å².